The maximum Gasteiger partial charge on any atom is 0.323 e. The van der Waals surface area contributed by atoms with Crippen LogP contribution in [0.1, 0.15) is 33.1 Å². The molecule has 2 heterocycles. The molecule has 118 valence electrons. The van der Waals surface area contributed by atoms with E-state index in [1.165, 1.54) is 0 Å². The maximum atomic E-state index is 9.21. The van der Waals surface area contributed by atoms with Crippen LogP contribution in [0.5, 0.6) is 6.01 Å². The second kappa shape index (κ2) is 7.97. The summed E-state index contributed by atoms with van der Waals surface area (Å²) in [6.07, 6.45) is 2.84. The molecule has 0 unspecified atom stereocenters. The third-order valence-corrected chi connectivity index (χ3v) is 3.53. The minimum atomic E-state index is 0.262. The Morgan fingerprint density at radius 3 is 2.62 bits per heavy atom. The van der Waals surface area contributed by atoms with Crippen LogP contribution in [0, 0.1) is 5.92 Å². The molecule has 0 aliphatic carbocycles. The van der Waals surface area contributed by atoms with Gasteiger partial charge in [-0.3, -0.25) is 0 Å². The third kappa shape index (κ3) is 4.42. The van der Waals surface area contributed by atoms with Crippen molar-refractivity contribution >= 4 is 11.9 Å². The van der Waals surface area contributed by atoms with Gasteiger partial charge >= 0.3 is 6.01 Å². The average molecular weight is 295 g/mol. The molecule has 1 aliphatic rings. The smallest absolute Gasteiger partial charge is 0.323 e. The fraction of sp³-hybridized carbons (Fsp3) is 0.786. The lowest BCUT2D eigenvalue weighted by atomic mass is 9.98. The number of nitrogens with one attached hydrogen (secondary N) is 1. The van der Waals surface area contributed by atoms with E-state index in [2.05, 4.69) is 25.2 Å². The predicted molar refractivity (Wildman–Crippen MR) is 81.8 cm³/mol. The number of ether oxygens (including phenoxy) is 1. The van der Waals surface area contributed by atoms with Gasteiger partial charge in [0, 0.05) is 26.2 Å². The quantitative estimate of drug-likeness (QED) is 0.784. The molecule has 1 fully saturated rings. The van der Waals surface area contributed by atoms with E-state index in [0.717, 1.165) is 38.9 Å². The van der Waals surface area contributed by atoms with Crippen LogP contribution in [0.15, 0.2) is 0 Å². The van der Waals surface area contributed by atoms with Crippen LogP contribution in [0.4, 0.5) is 11.9 Å². The molecular weight excluding hydrogens is 270 g/mol. The van der Waals surface area contributed by atoms with Crippen LogP contribution >= 0.6 is 0 Å². The monoisotopic (exact) mass is 295 g/mol. The molecule has 2 rings (SSSR count). The first kappa shape index (κ1) is 15.8. The highest BCUT2D eigenvalue weighted by Crippen LogP contribution is 2.22. The molecule has 7 nitrogen and oxygen atoms in total. The number of rotatable bonds is 7. The lowest BCUT2D eigenvalue weighted by Crippen LogP contribution is -2.36. The average Bonchev–Trinajstić information content (AvgIpc) is 2.53. The first-order valence-corrected chi connectivity index (χ1v) is 7.75. The number of anilines is 2. The van der Waals surface area contributed by atoms with Crippen molar-refractivity contribution in [1.82, 2.24) is 15.0 Å². The Morgan fingerprint density at radius 1 is 1.24 bits per heavy atom. The second-order valence-corrected chi connectivity index (χ2v) is 5.23. The van der Waals surface area contributed by atoms with Gasteiger partial charge in [-0.05, 0) is 32.1 Å². The van der Waals surface area contributed by atoms with Crippen molar-refractivity contribution < 1.29 is 9.84 Å². The van der Waals surface area contributed by atoms with Gasteiger partial charge in [0.05, 0.1) is 6.61 Å². The molecular formula is C14H25N5O2. The molecule has 0 atom stereocenters. The van der Waals surface area contributed by atoms with Crippen molar-refractivity contribution in [3.63, 3.8) is 0 Å². The molecule has 0 aromatic carbocycles. The van der Waals surface area contributed by atoms with E-state index in [4.69, 9.17) is 4.74 Å². The molecule has 1 aromatic rings. The van der Waals surface area contributed by atoms with E-state index in [0.29, 0.717) is 30.4 Å². The van der Waals surface area contributed by atoms with Crippen LogP contribution in [0.25, 0.3) is 0 Å². The Bertz CT molecular complexity index is 435. The number of hydrogen-bond donors (Lipinski definition) is 2. The van der Waals surface area contributed by atoms with Crippen molar-refractivity contribution in [3.8, 4) is 6.01 Å². The van der Waals surface area contributed by atoms with Crippen molar-refractivity contribution in [1.29, 1.82) is 0 Å². The fourth-order valence-corrected chi connectivity index (χ4v) is 2.30. The standard InChI is InChI=1S/C14H25N5O2/c1-3-9-21-14-17-12(15-4-2)16-13(18-14)19-7-5-11(10-20)6-8-19/h11,20H,3-10H2,1-2H3,(H,15,16,17,18). The van der Waals surface area contributed by atoms with Gasteiger partial charge in [-0.2, -0.15) is 15.0 Å². The van der Waals surface area contributed by atoms with E-state index in [1.54, 1.807) is 0 Å². The summed E-state index contributed by atoms with van der Waals surface area (Å²) in [5.74, 6) is 1.61. The number of aliphatic hydroxyl groups excluding tert-OH is 1. The molecule has 0 spiro atoms. The predicted octanol–water partition coefficient (Wildman–Crippen LogP) is 1.30. The van der Waals surface area contributed by atoms with Gasteiger partial charge < -0.3 is 20.1 Å². The lowest BCUT2D eigenvalue weighted by molar-refractivity contribution is 0.202. The summed E-state index contributed by atoms with van der Waals surface area (Å²) in [5.41, 5.74) is 0. The summed E-state index contributed by atoms with van der Waals surface area (Å²) < 4.78 is 5.55. The number of aromatic nitrogens is 3. The minimum absolute atomic E-state index is 0.262. The summed E-state index contributed by atoms with van der Waals surface area (Å²) in [6.45, 7) is 7.38. The Balaban J connectivity index is 2.11. The lowest BCUT2D eigenvalue weighted by Gasteiger charge is -2.31. The zero-order valence-corrected chi connectivity index (χ0v) is 12.9. The molecule has 0 bridgehead atoms. The molecule has 21 heavy (non-hydrogen) atoms. The maximum absolute atomic E-state index is 9.21. The summed E-state index contributed by atoms with van der Waals surface area (Å²) in [7, 11) is 0. The summed E-state index contributed by atoms with van der Waals surface area (Å²) in [4.78, 5) is 15.3. The van der Waals surface area contributed by atoms with Gasteiger partial charge in [-0.15, -0.1) is 0 Å². The zero-order chi connectivity index (χ0) is 15.1. The van der Waals surface area contributed by atoms with Crippen molar-refractivity contribution in [2.45, 2.75) is 33.1 Å². The first-order chi connectivity index (χ1) is 10.3. The molecule has 1 aromatic heterocycles. The Kier molecular flexibility index (Phi) is 5.98. The van der Waals surface area contributed by atoms with Gasteiger partial charge in [0.2, 0.25) is 11.9 Å². The number of aliphatic hydroxyl groups is 1. The van der Waals surface area contributed by atoms with Crippen LogP contribution < -0.4 is 15.0 Å². The topological polar surface area (TPSA) is 83.4 Å². The van der Waals surface area contributed by atoms with Crippen LogP contribution in [-0.2, 0) is 0 Å². The number of piperidine rings is 1. The van der Waals surface area contributed by atoms with Gasteiger partial charge in [-0.1, -0.05) is 6.92 Å². The number of hydrogen-bond acceptors (Lipinski definition) is 7. The van der Waals surface area contributed by atoms with Gasteiger partial charge in [-0.25, -0.2) is 0 Å². The fourth-order valence-electron chi connectivity index (χ4n) is 2.30. The summed E-state index contributed by atoms with van der Waals surface area (Å²) >= 11 is 0. The Morgan fingerprint density at radius 2 is 2.00 bits per heavy atom. The highest BCUT2D eigenvalue weighted by atomic mass is 16.5. The zero-order valence-electron chi connectivity index (χ0n) is 12.9. The Hall–Kier alpha value is -1.63. The molecule has 1 aliphatic heterocycles. The molecule has 0 radical (unpaired) electrons. The number of nitrogens with zero attached hydrogens (tertiary/aromatic N) is 4. The van der Waals surface area contributed by atoms with Crippen LogP contribution in [0.2, 0.25) is 0 Å². The van der Waals surface area contributed by atoms with Crippen molar-refractivity contribution in [2.24, 2.45) is 5.92 Å². The van der Waals surface area contributed by atoms with E-state index >= 15 is 0 Å². The largest absolute Gasteiger partial charge is 0.463 e. The van der Waals surface area contributed by atoms with Crippen molar-refractivity contribution in [3.05, 3.63) is 0 Å². The second-order valence-electron chi connectivity index (χ2n) is 5.23. The Labute approximate surface area is 125 Å². The highest BCUT2D eigenvalue weighted by Gasteiger charge is 2.21. The van der Waals surface area contributed by atoms with Crippen LogP contribution in [-0.4, -0.2) is 52.9 Å². The first-order valence-electron chi connectivity index (χ1n) is 7.75. The van der Waals surface area contributed by atoms with Crippen LogP contribution in [0.3, 0.4) is 0 Å². The molecule has 2 N–H and O–H groups in total. The van der Waals surface area contributed by atoms with Crippen molar-refractivity contribution in [2.75, 3.05) is 43.1 Å². The van der Waals surface area contributed by atoms with E-state index in [1.807, 2.05) is 13.8 Å². The third-order valence-electron chi connectivity index (χ3n) is 3.53. The summed E-state index contributed by atoms with van der Waals surface area (Å²) in [6, 6.07) is 0.377. The normalized spacial score (nSPS) is 16.0. The molecule has 0 amide bonds. The van der Waals surface area contributed by atoms with E-state index < -0.39 is 0 Å². The van der Waals surface area contributed by atoms with E-state index in [-0.39, 0.29) is 6.61 Å². The van der Waals surface area contributed by atoms with Gasteiger partial charge in [0.25, 0.3) is 0 Å². The van der Waals surface area contributed by atoms with E-state index in [9.17, 15) is 5.11 Å². The SMILES string of the molecule is CCCOc1nc(NCC)nc(N2CCC(CO)CC2)n1. The van der Waals surface area contributed by atoms with Gasteiger partial charge in [0.1, 0.15) is 0 Å². The molecule has 7 heteroatoms. The molecule has 0 saturated carbocycles. The highest BCUT2D eigenvalue weighted by molar-refractivity contribution is 5.38. The minimum Gasteiger partial charge on any atom is -0.463 e. The summed E-state index contributed by atoms with van der Waals surface area (Å²) in [5, 5.41) is 12.3. The van der Waals surface area contributed by atoms with Gasteiger partial charge in [0.15, 0.2) is 0 Å². The molecule has 1 saturated heterocycles.